The van der Waals surface area contributed by atoms with Crippen molar-refractivity contribution in [2.75, 3.05) is 6.61 Å². The van der Waals surface area contributed by atoms with Crippen LogP contribution in [0.2, 0.25) is 0 Å². The van der Waals surface area contributed by atoms with Crippen molar-refractivity contribution in [1.82, 2.24) is 0 Å². The number of carboxylic acid groups (broad SMARTS) is 1. The highest BCUT2D eigenvalue weighted by atomic mass is 16.5. The summed E-state index contributed by atoms with van der Waals surface area (Å²) < 4.78 is 11.7. The Morgan fingerprint density at radius 3 is 2.19 bits per heavy atom. The lowest BCUT2D eigenvalue weighted by molar-refractivity contribution is -0.137. The van der Waals surface area contributed by atoms with Gasteiger partial charge in [0.25, 0.3) is 0 Å². The van der Waals surface area contributed by atoms with Gasteiger partial charge in [0.1, 0.15) is 6.61 Å². The predicted octanol–water partition coefficient (Wildman–Crippen LogP) is 5.63. The van der Waals surface area contributed by atoms with Crippen LogP contribution in [0.3, 0.4) is 0 Å². The molecule has 2 aromatic carbocycles. The third kappa shape index (κ3) is 8.16. The van der Waals surface area contributed by atoms with Crippen LogP contribution in [0.25, 0.3) is 0 Å². The summed E-state index contributed by atoms with van der Waals surface area (Å²) in [6.07, 6.45) is 6.39. The van der Waals surface area contributed by atoms with Gasteiger partial charge in [0.05, 0.1) is 6.61 Å². The molecular formula is C23H30O4. The molecule has 0 atom stereocenters. The quantitative estimate of drug-likeness (QED) is 0.464. The second-order valence-corrected chi connectivity index (χ2v) is 6.71. The Kier molecular flexibility index (Phi) is 9.25. The zero-order valence-electron chi connectivity index (χ0n) is 16.2. The maximum Gasteiger partial charge on any atom is 0.303 e. The molecule has 0 spiro atoms. The zero-order valence-corrected chi connectivity index (χ0v) is 16.2. The molecule has 1 N–H and O–H groups in total. The Morgan fingerprint density at radius 1 is 0.852 bits per heavy atom. The third-order valence-corrected chi connectivity index (χ3v) is 4.38. The summed E-state index contributed by atoms with van der Waals surface area (Å²) in [6.45, 7) is 3.20. The van der Waals surface area contributed by atoms with Gasteiger partial charge in [-0.15, -0.1) is 0 Å². The fourth-order valence-electron chi connectivity index (χ4n) is 2.79. The van der Waals surface area contributed by atoms with E-state index in [4.69, 9.17) is 14.6 Å². The first-order valence-electron chi connectivity index (χ1n) is 9.83. The van der Waals surface area contributed by atoms with E-state index >= 15 is 0 Å². The van der Waals surface area contributed by atoms with Gasteiger partial charge >= 0.3 is 5.97 Å². The monoisotopic (exact) mass is 370 g/mol. The number of hydrogen-bond donors (Lipinski definition) is 1. The minimum Gasteiger partial charge on any atom is -0.490 e. The topological polar surface area (TPSA) is 55.8 Å². The summed E-state index contributed by atoms with van der Waals surface area (Å²) in [4.78, 5) is 10.5. The zero-order chi connectivity index (χ0) is 19.3. The lowest BCUT2D eigenvalue weighted by Crippen LogP contribution is -2.03. The van der Waals surface area contributed by atoms with Gasteiger partial charge in [-0.05, 0) is 48.9 Å². The van der Waals surface area contributed by atoms with Crippen LogP contribution in [0.4, 0.5) is 0 Å². The minimum atomic E-state index is -0.768. The molecule has 2 rings (SSSR count). The molecule has 0 amide bonds. The van der Waals surface area contributed by atoms with E-state index in [9.17, 15) is 4.79 Å². The summed E-state index contributed by atoms with van der Waals surface area (Å²) in [6, 6.07) is 16.2. The van der Waals surface area contributed by atoms with Crippen LogP contribution in [-0.2, 0) is 17.8 Å². The number of carbonyl (C=O) groups is 1. The van der Waals surface area contributed by atoms with Crippen molar-refractivity contribution in [3.8, 4) is 11.5 Å². The van der Waals surface area contributed by atoms with Gasteiger partial charge in [-0.2, -0.15) is 0 Å². The Morgan fingerprint density at radius 2 is 1.52 bits per heavy atom. The van der Waals surface area contributed by atoms with E-state index in [1.54, 1.807) is 0 Å². The Labute approximate surface area is 162 Å². The maximum atomic E-state index is 10.5. The lowest BCUT2D eigenvalue weighted by Gasteiger charge is -2.13. The average molecular weight is 370 g/mol. The van der Waals surface area contributed by atoms with Gasteiger partial charge in [0.2, 0.25) is 0 Å². The third-order valence-electron chi connectivity index (χ3n) is 4.38. The van der Waals surface area contributed by atoms with E-state index in [-0.39, 0.29) is 6.42 Å². The van der Waals surface area contributed by atoms with Crippen LogP contribution in [-0.4, -0.2) is 17.7 Å². The number of para-hydroxylation sites is 2. The summed E-state index contributed by atoms with van der Waals surface area (Å²) in [5.41, 5.74) is 2.50. The summed E-state index contributed by atoms with van der Waals surface area (Å²) in [5.74, 6) is 0.641. The van der Waals surface area contributed by atoms with Gasteiger partial charge < -0.3 is 14.6 Å². The van der Waals surface area contributed by atoms with Crippen molar-refractivity contribution in [3.05, 3.63) is 59.7 Å². The first-order valence-corrected chi connectivity index (χ1v) is 9.83. The highest BCUT2D eigenvalue weighted by Crippen LogP contribution is 2.27. The van der Waals surface area contributed by atoms with Gasteiger partial charge in [-0.25, -0.2) is 0 Å². The van der Waals surface area contributed by atoms with Crippen LogP contribution in [0, 0.1) is 0 Å². The molecule has 4 nitrogen and oxygen atoms in total. The van der Waals surface area contributed by atoms with Crippen LogP contribution < -0.4 is 9.47 Å². The highest BCUT2D eigenvalue weighted by molar-refractivity contribution is 5.66. The largest absolute Gasteiger partial charge is 0.490 e. The van der Waals surface area contributed by atoms with E-state index in [0.717, 1.165) is 12.0 Å². The molecule has 0 unspecified atom stereocenters. The molecule has 0 saturated carbocycles. The van der Waals surface area contributed by atoms with E-state index in [2.05, 4.69) is 31.2 Å². The van der Waals surface area contributed by atoms with E-state index in [0.29, 0.717) is 37.6 Å². The second kappa shape index (κ2) is 12.0. The number of unbranched alkanes of at least 4 members (excludes halogenated alkanes) is 3. The van der Waals surface area contributed by atoms with E-state index < -0.39 is 5.97 Å². The number of ether oxygens (including phenoxy) is 2. The standard InChI is InChI=1S/C23H30O4/c1-2-3-4-9-19-13-15-20(16-14-19)18-27-22-11-6-5-10-21(22)26-17-8-7-12-23(24)25/h5-6,10-11,13-16H,2-4,7-9,12,17-18H2,1H3,(H,24,25). The number of hydrogen-bond acceptors (Lipinski definition) is 3. The lowest BCUT2D eigenvalue weighted by atomic mass is 10.1. The van der Waals surface area contributed by atoms with Gasteiger partial charge in [-0.3, -0.25) is 4.79 Å². The molecule has 0 fully saturated rings. The minimum absolute atomic E-state index is 0.177. The van der Waals surface area contributed by atoms with E-state index in [1.165, 1.54) is 24.8 Å². The first-order chi connectivity index (χ1) is 13.2. The number of rotatable bonds is 13. The highest BCUT2D eigenvalue weighted by Gasteiger charge is 2.05. The molecule has 146 valence electrons. The van der Waals surface area contributed by atoms with Crippen LogP contribution in [0.5, 0.6) is 11.5 Å². The summed E-state index contributed by atoms with van der Waals surface area (Å²) in [5, 5.41) is 8.66. The van der Waals surface area contributed by atoms with Crippen LogP contribution in [0.15, 0.2) is 48.5 Å². The second-order valence-electron chi connectivity index (χ2n) is 6.71. The Hall–Kier alpha value is -2.49. The molecule has 0 saturated heterocycles. The van der Waals surface area contributed by atoms with Gasteiger partial charge in [-0.1, -0.05) is 56.2 Å². The van der Waals surface area contributed by atoms with Gasteiger partial charge in [0.15, 0.2) is 11.5 Å². The van der Waals surface area contributed by atoms with Crippen LogP contribution in [0.1, 0.15) is 56.6 Å². The molecule has 2 aromatic rings. The molecule has 4 heteroatoms. The molecule has 0 aromatic heterocycles. The fraction of sp³-hybridized carbons (Fsp3) is 0.435. The fourth-order valence-corrected chi connectivity index (χ4v) is 2.79. The summed E-state index contributed by atoms with van der Waals surface area (Å²) in [7, 11) is 0. The molecular weight excluding hydrogens is 340 g/mol. The molecule has 0 radical (unpaired) electrons. The van der Waals surface area contributed by atoms with Crippen molar-refractivity contribution in [2.45, 2.75) is 58.5 Å². The predicted molar refractivity (Wildman–Crippen MR) is 107 cm³/mol. The van der Waals surface area contributed by atoms with Crippen molar-refractivity contribution < 1.29 is 19.4 Å². The average Bonchev–Trinajstić information content (AvgIpc) is 2.68. The van der Waals surface area contributed by atoms with Crippen molar-refractivity contribution in [1.29, 1.82) is 0 Å². The smallest absolute Gasteiger partial charge is 0.303 e. The molecule has 0 aliphatic rings. The molecule has 0 heterocycles. The van der Waals surface area contributed by atoms with Gasteiger partial charge in [0, 0.05) is 6.42 Å². The number of carboxylic acids is 1. The van der Waals surface area contributed by atoms with E-state index in [1.807, 2.05) is 24.3 Å². The normalized spacial score (nSPS) is 10.6. The Bertz CT molecular complexity index is 679. The molecule has 27 heavy (non-hydrogen) atoms. The number of aliphatic carboxylic acids is 1. The molecule has 0 aliphatic heterocycles. The molecule has 0 bridgehead atoms. The number of aryl methyl sites for hydroxylation is 1. The van der Waals surface area contributed by atoms with Crippen molar-refractivity contribution in [3.63, 3.8) is 0 Å². The SMILES string of the molecule is CCCCCc1ccc(COc2ccccc2OCCCCC(=O)O)cc1. The van der Waals surface area contributed by atoms with Crippen LogP contribution >= 0.6 is 0 Å². The maximum absolute atomic E-state index is 10.5. The van der Waals surface area contributed by atoms with Crippen molar-refractivity contribution >= 4 is 5.97 Å². The van der Waals surface area contributed by atoms with Crippen molar-refractivity contribution in [2.24, 2.45) is 0 Å². The summed E-state index contributed by atoms with van der Waals surface area (Å²) >= 11 is 0. The first kappa shape index (κ1) is 20.8. The molecule has 0 aliphatic carbocycles. The Balaban J connectivity index is 1.80. The number of benzene rings is 2.